The molecule has 4 heteroatoms. The van der Waals surface area contributed by atoms with Crippen LogP contribution in [0.2, 0.25) is 0 Å². The lowest BCUT2D eigenvalue weighted by Gasteiger charge is -2.37. The van der Waals surface area contributed by atoms with E-state index >= 15 is 0 Å². The van der Waals surface area contributed by atoms with E-state index in [1.807, 2.05) is 17.9 Å². The van der Waals surface area contributed by atoms with Crippen molar-refractivity contribution in [2.24, 2.45) is 13.0 Å². The molecule has 0 saturated carbocycles. The van der Waals surface area contributed by atoms with E-state index in [-0.39, 0.29) is 0 Å². The third-order valence-electron chi connectivity index (χ3n) is 4.38. The maximum atomic E-state index is 4.31. The van der Waals surface area contributed by atoms with E-state index in [2.05, 4.69) is 42.2 Å². The van der Waals surface area contributed by atoms with Crippen molar-refractivity contribution >= 4 is 0 Å². The molecule has 1 N–H and O–H groups in total. The first kappa shape index (κ1) is 14.5. The average molecular weight is 264 g/mol. The second kappa shape index (κ2) is 6.53. The van der Waals surface area contributed by atoms with Gasteiger partial charge in [0.2, 0.25) is 0 Å². The lowest BCUT2D eigenvalue weighted by Crippen LogP contribution is -2.41. The molecule has 19 heavy (non-hydrogen) atoms. The maximum Gasteiger partial charge on any atom is 0.0549 e. The highest BCUT2D eigenvalue weighted by Crippen LogP contribution is 2.25. The minimum Gasteiger partial charge on any atom is -0.317 e. The Kier molecular flexibility index (Phi) is 4.99. The van der Waals surface area contributed by atoms with E-state index < -0.39 is 0 Å². The number of aryl methyl sites for hydroxylation is 1. The van der Waals surface area contributed by atoms with Crippen LogP contribution in [0.4, 0.5) is 0 Å². The fourth-order valence-electron chi connectivity index (χ4n) is 3.14. The third kappa shape index (κ3) is 3.57. The number of aromatic nitrogens is 2. The highest BCUT2D eigenvalue weighted by Gasteiger charge is 2.25. The third-order valence-corrected chi connectivity index (χ3v) is 4.38. The zero-order valence-corrected chi connectivity index (χ0v) is 12.8. The predicted octanol–water partition coefficient (Wildman–Crippen LogP) is 2.19. The molecule has 1 saturated heterocycles. The van der Waals surface area contributed by atoms with Crippen molar-refractivity contribution in [3.05, 3.63) is 18.0 Å². The normalized spacial score (nSPS) is 19.3. The molecule has 1 fully saturated rings. The number of hydrogen-bond acceptors (Lipinski definition) is 3. The monoisotopic (exact) mass is 264 g/mol. The summed E-state index contributed by atoms with van der Waals surface area (Å²) < 4.78 is 2.00. The van der Waals surface area contributed by atoms with Crippen molar-refractivity contribution in [2.45, 2.75) is 45.7 Å². The van der Waals surface area contributed by atoms with Gasteiger partial charge in [0.05, 0.1) is 5.69 Å². The van der Waals surface area contributed by atoms with Gasteiger partial charge >= 0.3 is 0 Å². The van der Waals surface area contributed by atoms with Crippen molar-refractivity contribution in [2.75, 3.05) is 19.6 Å². The van der Waals surface area contributed by atoms with Crippen LogP contribution in [-0.4, -0.2) is 40.4 Å². The van der Waals surface area contributed by atoms with Crippen LogP contribution in [0.5, 0.6) is 0 Å². The molecule has 1 unspecified atom stereocenters. The molecule has 2 rings (SSSR count). The van der Waals surface area contributed by atoms with Crippen molar-refractivity contribution in [3.63, 3.8) is 0 Å². The molecule has 1 aliphatic heterocycles. The lowest BCUT2D eigenvalue weighted by atomic mass is 9.96. The fraction of sp³-hybridized carbons (Fsp3) is 0.800. The Morgan fingerprint density at radius 3 is 2.58 bits per heavy atom. The van der Waals surface area contributed by atoms with Crippen LogP contribution >= 0.6 is 0 Å². The second-order valence-electron chi connectivity index (χ2n) is 6.04. The van der Waals surface area contributed by atoms with Gasteiger partial charge in [0, 0.05) is 31.9 Å². The molecule has 1 aromatic heterocycles. The Bertz CT molecular complexity index is 379. The van der Waals surface area contributed by atoms with E-state index in [9.17, 15) is 0 Å². The summed E-state index contributed by atoms with van der Waals surface area (Å²) in [6.07, 6.45) is 4.51. The molecule has 0 radical (unpaired) electrons. The van der Waals surface area contributed by atoms with Crippen molar-refractivity contribution < 1.29 is 0 Å². The molecule has 2 heterocycles. The molecular weight excluding hydrogens is 236 g/mol. The van der Waals surface area contributed by atoms with Gasteiger partial charge in [0.15, 0.2) is 0 Å². The van der Waals surface area contributed by atoms with Gasteiger partial charge in [-0.3, -0.25) is 9.58 Å². The van der Waals surface area contributed by atoms with Crippen LogP contribution in [0.1, 0.15) is 45.3 Å². The van der Waals surface area contributed by atoms with Crippen LogP contribution < -0.4 is 5.32 Å². The summed E-state index contributed by atoms with van der Waals surface area (Å²) in [5, 5.41) is 7.76. The summed E-state index contributed by atoms with van der Waals surface area (Å²) in [4.78, 5) is 2.62. The maximum absolute atomic E-state index is 4.31. The standard InChI is InChI=1S/C15H28N4/c1-12(2)19(11-14-5-8-16-9-6-14)13(3)15-7-10-17-18(15)4/h7,10,12-14,16H,5-6,8-9,11H2,1-4H3. The van der Waals surface area contributed by atoms with Crippen molar-refractivity contribution in [1.29, 1.82) is 0 Å². The second-order valence-corrected chi connectivity index (χ2v) is 6.04. The molecule has 108 valence electrons. The summed E-state index contributed by atoms with van der Waals surface area (Å²) in [7, 11) is 2.04. The van der Waals surface area contributed by atoms with Crippen LogP contribution in [0.25, 0.3) is 0 Å². The predicted molar refractivity (Wildman–Crippen MR) is 79.1 cm³/mol. The van der Waals surface area contributed by atoms with Crippen LogP contribution in [0, 0.1) is 5.92 Å². The Morgan fingerprint density at radius 1 is 1.37 bits per heavy atom. The van der Waals surface area contributed by atoms with E-state index in [0.717, 1.165) is 5.92 Å². The number of hydrogen-bond donors (Lipinski definition) is 1. The quantitative estimate of drug-likeness (QED) is 0.885. The number of nitrogens with zero attached hydrogens (tertiary/aromatic N) is 3. The van der Waals surface area contributed by atoms with Crippen LogP contribution in [0.3, 0.4) is 0 Å². The molecule has 0 bridgehead atoms. The van der Waals surface area contributed by atoms with E-state index in [0.29, 0.717) is 12.1 Å². The first-order chi connectivity index (χ1) is 9.09. The summed E-state index contributed by atoms with van der Waals surface area (Å²) in [6, 6.07) is 3.14. The van der Waals surface area contributed by atoms with Crippen LogP contribution in [0.15, 0.2) is 12.3 Å². The Labute approximate surface area is 117 Å². The smallest absolute Gasteiger partial charge is 0.0549 e. The van der Waals surface area contributed by atoms with Gasteiger partial charge < -0.3 is 5.32 Å². The lowest BCUT2D eigenvalue weighted by molar-refractivity contribution is 0.120. The van der Waals surface area contributed by atoms with E-state index in [1.54, 1.807) is 0 Å². The highest BCUT2D eigenvalue weighted by atomic mass is 15.3. The molecule has 0 aromatic carbocycles. The molecule has 4 nitrogen and oxygen atoms in total. The molecule has 0 spiro atoms. The summed E-state index contributed by atoms with van der Waals surface area (Å²) in [5.74, 6) is 0.833. The van der Waals surface area contributed by atoms with Crippen molar-refractivity contribution in [3.8, 4) is 0 Å². The van der Waals surface area contributed by atoms with Crippen LogP contribution in [-0.2, 0) is 7.05 Å². The van der Waals surface area contributed by atoms with Gasteiger partial charge in [-0.1, -0.05) is 0 Å². The minimum absolute atomic E-state index is 0.433. The highest BCUT2D eigenvalue weighted by molar-refractivity contribution is 5.06. The SMILES string of the molecule is CC(C)N(CC1CCNCC1)C(C)c1ccnn1C. The van der Waals surface area contributed by atoms with Gasteiger partial charge in [-0.15, -0.1) is 0 Å². The molecule has 1 atom stereocenters. The first-order valence-electron chi connectivity index (χ1n) is 7.54. The Balaban J connectivity index is 2.04. The molecule has 1 aliphatic rings. The first-order valence-corrected chi connectivity index (χ1v) is 7.54. The van der Waals surface area contributed by atoms with Gasteiger partial charge in [-0.2, -0.15) is 5.10 Å². The average Bonchev–Trinajstić information content (AvgIpc) is 2.82. The number of nitrogens with one attached hydrogen (secondary N) is 1. The molecule has 0 amide bonds. The largest absolute Gasteiger partial charge is 0.317 e. The molecular formula is C15H28N4. The summed E-state index contributed by atoms with van der Waals surface area (Å²) in [5.41, 5.74) is 1.31. The Hall–Kier alpha value is -0.870. The van der Waals surface area contributed by atoms with Gasteiger partial charge in [-0.05, 0) is 58.7 Å². The topological polar surface area (TPSA) is 33.1 Å². The summed E-state index contributed by atoms with van der Waals surface area (Å²) in [6.45, 7) is 10.5. The molecule has 0 aliphatic carbocycles. The van der Waals surface area contributed by atoms with E-state index in [4.69, 9.17) is 0 Å². The number of rotatable bonds is 5. The van der Waals surface area contributed by atoms with Crippen molar-refractivity contribution in [1.82, 2.24) is 20.0 Å². The van der Waals surface area contributed by atoms with Gasteiger partial charge in [0.1, 0.15) is 0 Å². The van der Waals surface area contributed by atoms with Gasteiger partial charge in [-0.25, -0.2) is 0 Å². The minimum atomic E-state index is 0.433. The number of piperidine rings is 1. The summed E-state index contributed by atoms with van der Waals surface area (Å²) >= 11 is 0. The molecule has 1 aromatic rings. The fourth-order valence-corrected chi connectivity index (χ4v) is 3.14. The zero-order chi connectivity index (χ0) is 13.8. The van der Waals surface area contributed by atoms with Gasteiger partial charge in [0.25, 0.3) is 0 Å². The Morgan fingerprint density at radius 2 is 2.05 bits per heavy atom. The zero-order valence-electron chi connectivity index (χ0n) is 12.8. The van der Waals surface area contributed by atoms with E-state index in [1.165, 1.54) is 38.2 Å².